The molecular formula is C14H24N2O2S2. The van der Waals surface area contributed by atoms with Crippen molar-refractivity contribution < 1.29 is 8.42 Å². The lowest BCUT2D eigenvalue weighted by atomic mass is 9.88. The maximum Gasteiger partial charge on any atom is 0.252 e. The Labute approximate surface area is 126 Å². The second-order valence-corrected chi connectivity index (χ2v) is 8.97. The highest BCUT2D eigenvalue weighted by Crippen LogP contribution is 2.33. The van der Waals surface area contributed by atoms with Crippen molar-refractivity contribution in [2.45, 2.75) is 44.0 Å². The van der Waals surface area contributed by atoms with Gasteiger partial charge in [-0.05, 0) is 49.2 Å². The Bertz CT molecular complexity index is 553. The molecule has 20 heavy (non-hydrogen) atoms. The zero-order chi connectivity index (χ0) is 14.9. The molecule has 0 radical (unpaired) electrons. The van der Waals surface area contributed by atoms with Gasteiger partial charge in [0.25, 0.3) is 10.0 Å². The minimum atomic E-state index is -3.35. The predicted molar refractivity (Wildman–Crippen MR) is 83.4 cm³/mol. The number of rotatable bonds is 4. The summed E-state index contributed by atoms with van der Waals surface area (Å²) in [6.45, 7) is 7.63. The first kappa shape index (κ1) is 15.9. The molecule has 0 bridgehead atoms. The van der Waals surface area contributed by atoms with Crippen molar-refractivity contribution in [2.24, 2.45) is 11.8 Å². The van der Waals surface area contributed by atoms with E-state index in [4.69, 9.17) is 0 Å². The summed E-state index contributed by atoms with van der Waals surface area (Å²) in [4.78, 5) is 0. The van der Waals surface area contributed by atoms with Crippen LogP contribution in [0.2, 0.25) is 0 Å². The molecule has 2 rings (SSSR count). The lowest BCUT2D eigenvalue weighted by Crippen LogP contribution is -2.48. The van der Waals surface area contributed by atoms with Gasteiger partial charge in [0.2, 0.25) is 0 Å². The van der Waals surface area contributed by atoms with Crippen molar-refractivity contribution in [3.8, 4) is 0 Å². The number of hydrogen-bond acceptors (Lipinski definition) is 4. The van der Waals surface area contributed by atoms with Gasteiger partial charge in [0, 0.05) is 19.1 Å². The van der Waals surface area contributed by atoms with E-state index in [2.05, 4.69) is 19.2 Å². The molecule has 1 saturated heterocycles. The molecule has 4 nitrogen and oxygen atoms in total. The molecule has 1 aromatic heterocycles. The summed E-state index contributed by atoms with van der Waals surface area (Å²) >= 11 is 1.32. The van der Waals surface area contributed by atoms with Gasteiger partial charge in [-0.1, -0.05) is 13.8 Å². The summed E-state index contributed by atoms with van der Waals surface area (Å²) in [7, 11) is -1.49. The van der Waals surface area contributed by atoms with Gasteiger partial charge < -0.3 is 5.32 Å². The molecule has 0 amide bonds. The molecule has 1 aliphatic rings. The number of thiophene rings is 1. The number of nitrogens with one attached hydrogen (secondary N) is 1. The quantitative estimate of drug-likeness (QED) is 0.928. The van der Waals surface area contributed by atoms with Gasteiger partial charge >= 0.3 is 0 Å². The molecule has 1 aromatic rings. The van der Waals surface area contributed by atoms with E-state index >= 15 is 0 Å². The average molecular weight is 316 g/mol. The zero-order valence-electron chi connectivity index (χ0n) is 12.6. The molecule has 1 fully saturated rings. The molecule has 0 aromatic carbocycles. The van der Waals surface area contributed by atoms with Gasteiger partial charge in [0.1, 0.15) is 4.21 Å². The maximum absolute atomic E-state index is 12.8. The van der Waals surface area contributed by atoms with Crippen LogP contribution in [0.3, 0.4) is 0 Å². The first-order chi connectivity index (χ1) is 9.36. The highest BCUT2D eigenvalue weighted by molar-refractivity contribution is 7.91. The Balaban J connectivity index is 2.28. The summed E-state index contributed by atoms with van der Waals surface area (Å²) in [5.41, 5.74) is 1.03. The van der Waals surface area contributed by atoms with Gasteiger partial charge in [0.15, 0.2) is 0 Å². The predicted octanol–water partition coefficient (Wildman–Crippen LogP) is 2.52. The molecule has 3 atom stereocenters. The fraction of sp³-hybridized carbons (Fsp3) is 0.714. The zero-order valence-corrected chi connectivity index (χ0v) is 14.2. The first-order valence-electron chi connectivity index (χ1n) is 7.10. The Hall–Kier alpha value is -0.430. The average Bonchev–Trinajstić information content (AvgIpc) is 2.83. The van der Waals surface area contributed by atoms with Gasteiger partial charge in [0.05, 0.1) is 0 Å². The molecule has 1 N–H and O–H groups in total. The van der Waals surface area contributed by atoms with Gasteiger partial charge in [-0.25, -0.2) is 8.42 Å². The molecule has 0 aliphatic carbocycles. The smallest absolute Gasteiger partial charge is 0.252 e. The summed E-state index contributed by atoms with van der Waals surface area (Å²) < 4.78 is 27.8. The summed E-state index contributed by atoms with van der Waals surface area (Å²) in [5, 5.41) is 4.97. The van der Waals surface area contributed by atoms with Gasteiger partial charge in [-0.3, -0.25) is 0 Å². The SMILES string of the molecule is CNCc1csc(S(=O)(=O)N2CC(C)CC(C)C2C)c1. The van der Waals surface area contributed by atoms with Crippen molar-refractivity contribution in [1.29, 1.82) is 0 Å². The second kappa shape index (κ2) is 6.13. The summed E-state index contributed by atoms with van der Waals surface area (Å²) in [6.07, 6.45) is 1.10. The Kier molecular flexibility index (Phi) is 4.89. The van der Waals surface area contributed by atoms with E-state index in [0.717, 1.165) is 12.0 Å². The molecule has 6 heteroatoms. The standard InChI is InChI=1S/C14H24N2O2S2/c1-10-5-11(2)12(3)16(8-10)20(17,18)14-6-13(7-15-4)9-19-14/h6,9-12,15H,5,7-8H2,1-4H3. The van der Waals surface area contributed by atoms with Crippen molar-refractivity contribution in [3.05, 3.63) is 17.0 Å². The minimum Gasteiger partial charge on any atom is -0.316 e. The highest BCUT2D eigenvalue weighted by Gasteiger charge is 2.37. The second-order valence-electron chi connectivity index (χ2n) is 5.94. The van der Waals surface area contributed by atoms with Crippen LogP contribution < -0.4 is 5.32 Å². The monoisotopic (exact) mass is 316 g/mol. The molecule has 0 saturated carbocycles. The topological polar surface area (TPSA) is 49.4 Å². The largest absolute Gasteiger partial charge is 0.316 e. The Morgan fingerprint density at radius 1 is 1.40 bits per heavy atom. The van der Waals surface area contributed by atoms with Crippen molar-refractivity contribution >= 4 is 21.4 Å². The van der Waals surface area contributed by atoms with Crippen LogP contribution in [0.5, 0.6) is 0 Å². The van der Waals surface area contributed by atoms with Crippen molar-refractivity contribution in [3.63, 3.8) is 0 Å². The van der Waals surface area contributed by atoms with Crippen molar-refractivity contribution in [2.75, 3.05) is 13.6 Å². The van der Waals surface area contributed by atoms with E-state index < -0.39 is 10.0 Å². The highest BCUT2D eigenvalue weighted by atomic mass is 32.2. The van der Waals surface area contributed by atoms with Crippen LogP contribution in [-0.4, -0.2) is 32.4 Å². The molecule has 3 unspecified atom stereocenters. The molecular weight excluding hydrogens is 292 g/mol. The van der Waals surface area contributed by atoms with E-state index in [1.165, 1.54) is 11.3 Å². The Morgan fingerprint density at radius 2 is 2.10 bits per heavy atom. The van der Waals surface area contributed by atoms with Crippen LogP contribution in [-0.2, 0) is 16.6 Å². The van der Waals surface area contributed by atoms with Gasteiger partial charge in [-0.15, -0.1) is 11.3 Å². The van der Waals surface area contributed by atoms with Crippen LogP contribution in [0.15, 0.2) is 15.7 Å². The number of piperidine rings is 1. The van der Waals surface area contributed by atoms with E-state index in [1.807, 2.05) is 19.4 Å². The first-order valence-corrected chi connectivity index (χ1v) is 9.42. The van der Waals surface area contributed by atoms with E-state index in [1.54, 1.807) is 10.4 Å². The lowest BCUT2D eigenvalue weighted by molar-refractivity contribution is 0.157. The summed E-state index contributed by atoms with van der Waals surface area (Å²) in [6, 6.07) is 1.87. The number of hydrogen-bond donors (Lipinski definition) is 1. The van der Waals surface area contributed by atoms with E-state index in [9.17, 15) is 8.42 Å². The van der Waals surface area contributed by atoms with Crippen LogP contribution in [0, 0.1) is 11.8 Å². The Morgan fingerprint density at radius 3 is 2.75 bits per heavy atom. The van der Waals surface area contributed by atoms with Crippen molar-refractivity contribution in [1.82, 2.24) is 9.62 Å². The summed E-state index contributed by atoms with van der Waals surface area (Å²) in [5.74, 6) is 0.831. The van der Waals surface area contributed by atoms with Crippen LogP contribution in [0.4, 0.5) is 0 Å². The third-order valence-electron chi connectivity index (χ3n) is 4.12. The minimum absolute atomic E-state index is 0.0750. The fourth-order valence-corrected chi connectivity index (χ4v) is 6.07. The molecule has 2 heterocycles. The van der Waals surface area contributed by atoms with Crippen LogP contribution in [0.1, 0.15) is 32.8 Å². The molecule has 0 spiro atoms. The van der Waals surface area contributed by atoms with E-state index in [0.29, 0.717) is 29.1 Å². The van der Waals surface area contributed by atoms with Crippen LogP contribution >= 0.6 is 11.3 Å². The maximum atomic E-state index is 12.8. The normalized spacial score (nSPS) is 28.7. The van der Waals surface area contributed by atoms with Gasteiger partial charge in [-0.2, -0.15) is 4.31 Å². The molecule has 1 aliphatic heterocycles. The van der Waals surface area contributed by atoms with E-state index in [-0.39, 0.29) is 6.04 Å². The molecule has 114 valence electrons. The fourth-order valence-electron chi connectivity index (χ4n) is 2.88. The third kappa shape index (κ3) is 3.08. The lowest BCUT2D eigenvalue weighted by Gasteiger charge is -2.39. The third-order valence-corrected chi connectivity index (χ3v) is 7.53. The van der Waals surface area contributed by atoms with Crippen LogP contribution in [0.25, 0.3) is 0 Å². The number of nitrogens with zero attached hydrogens (tertiary/aromatic N) is 1. The number of sulfonamides is 1.